The van der Waals surface area contributed by atoms with E-state index in [9.17, 15) is 14.4 Å². The summed E-state index contributed by atoms with van der Waals surface area (Å²) in [6.45, 7) is 1.51. The number of carboxylic acids is 2. The molecule has 1 aromatic heterocycles. The molecule has 2 rings (SSSR count). The second kappa shape index (κ2) is 5.04. The average Bonchev–Trinajstić information content (AvgIpc) is 2.80. The summed E-state index contributed by atoms with van der Waals surface area (Å²) >= 11 is 0. The third-order valence-corrected chi connectivity index (χ3v) is 2.78. The van der Waals surface area contributed by atoms with Gasteiger partial charge in [-0.1, -0.05) is 5.21 Å². The van der Waals surface area contributed by atoms with Gasteiger partial charge < -0.3 is 15.9 Å². The van der Waals surface area contributed by atoms with E-state index in [4.69, 9.17) is 15.9 Å². The summed E-state index contributed by atoms with van der Waals surface area (Å²) in [6.07, 6.45) is 0. The van der Waals surface area contributed by atoms with Crippen LogP contribution in [0.1, 0.15) is 36.9 Å². The molecule has 0 aliphatic carbocycles. The Morgan fingerprint density at radius 3 is 2.00 bits per heavy atom. The molecule has 9 heteroatoms. The number of aromatic nitrogens is 3. The van der Waals surface area contributed by atoms with Gasteiger partial charge in [-0.25, -0.2) is 14.3 Å². The number of carbonyl (C=O) groups excluding carboxylic acids is 1. The number of hydrogen-bond donors (Lipinski definition) is 3. The van der Waals surface area contributed by atoms with Gasteiger partial charge in [0.25, 0.3) is 5.91 Å². The van der Waals surface area contributed by atoms with Gasteiger partial charge in [-0.15, -0.1) is 5.10 Å². The first-order chi connectivity index (χ1) is 9.81. The summed E-state index contributed by atoms with van der Waals surface area (Å²) in [6, 6.07) is 3.47. The topological polar surface area (TPSA) is 148 Å². The molecule has 0 aliphatic rings. The number of aromatic carboxylic acids is 2. The molecule has 21 heavy (non-hydrogen) atoms. The first-order valence-electron chi connectivity index (χ1n) is 5.65. The number of amides is 1. The van der Waals surface area contributed by atoms with Gasteiger partial charge in [0.2, 0.25) is 0 Å². The summed E-state index contributed by atoms with van der Waals surface area (Å²) in [7, 11) is 0. The lowest BCUT2D eigenvalue weighted by Gasteiger charge is -2.06. The number of benzene rings is 1. The fourth-order valence-electron chi connectivity index (χ4n) is 1.78. The standard InChI is InChI=1S/C12H10N4O5/c1-5-9(10(13)17)14-15-16(5)8-3-6(11(18)19)2-7(4-8)12(20)21/h2-4H,1H3,(H2,13,17)(H,18,19)(H,20,21). The molecule has 0 saturated heterocycles. The number of nitrogens with two attached hydrogens (primary N) is 1. The third kappa shape index (κ3) is 2.56. The van der Waals surface area contributed by atoms with E-state index >= 15 is 0 Å². The minimum atomic E-state index is -1.28. The molecule has 0 radical (unpaired) electrons. The van der Waals surface area contributed by atoms with Crippen LogP contribution in [0.2, 0.25) is 0 Å². The second-order valence-electron chi connectivity index (χ2n) is 4.18. The Hall–Kier alpha value is -3.23. The SMILES string of the molecule is Cc1c(C(N)=O)nnn1-c1cc(C(=O)O)cc(C(=O)O)c1. The molecule has 9 nitrogen and oxygen atoms in total. The zero-order valence-electron chi connectivity index (χ0n) is 10.8. The van der Waals surface area contributed by atoms with E-state index in [1.165, 1.54) is 19.1 Å². The van der Waals surface area contributed by atoms with Gasteiger partial charge in [0.05, 0.1) is 22.5 Å². The van der Waals surface area contributed by atoms with Gasteiger partial charge in [-0.05, 0) is 25.1 Å². The van der Waals surface area contributed by atoms with Crippen molar-refractivity contribution >= 4 is 17.8 Å². The van der Waals surface area contributed by atoms with E-state index in [0.717, 1.165) is 10.7 Å². The van der Waals surface area contributed by atoms with E-state index in [2.05, 4.69) is 10.3 Å². The zero-order chi connectivity index (χ0) is 15.7. The van der Waals surface area contributed by atoms with Crippen molar-refractivity contribution in [2.75, 3.05) is 0 Å². The zero-order valence-corrected chi connectivity index (χ0v) is 10.8. The maximum absolute atomic E-state index is 11.1. The summed E-state index contributed by atoms with van der Waals surface area (Å²) in [5.74, 6) is -3.36. The summed E-state index contributed by atoms with van der Waals surface area (Å²) in [5, 5.41) is 25.3. The van der Waals surface area contributed by atoms with Gasteiger partial charge in [-0.3, -0.25) is 4.79 Å². The Morgan fingerprint density at radius 1 is 1.10 bits per heavy atom. The van der Waals surface area contributed by atoms with Gasteiger partial charge in [0, 0.05) is 0 Å². The Balaban J connectivity index is 2.66. The number of primary amides is 1. The van der Waals surface area contributed by atoms with Crippen molar-refractivity contribution in [2.45, 2.75) is 6.92 Å². The molecule has 108 valence electrons. The number of hydrogen-bond acceptors (Lipinski definition) is 5. The fraction of sp³-hybridized carbons (Fsp3) is 0.0833. The normalized spacial score (nSPS) is 10.3. The Kier molecular flexibility index (Phi) is 3.40. The van der Waals surface area contributed by atoms with Crippen molar-refractivity contribution in [2.24, 2.45) is 5.73 Å². The van der Waals surface area contributed by atoms with E-state index < -0.39 is 17.8 Å². The molecule has 0 spiro atoms. The summed E-state index contributed by atoms with van der Waals surface area (Å²) in [4.78, 5) is 33.2. The largest absolute Gasteiger partial charge is 0.478 e. The van der Waals surface area contributed by atoms with Crippen molar-refractivity contribution in [3.05, 3.63) is 40.7 Å². The van der Waals surface area contributed by atoms with E-state index in [1.807, 2.05) is 0 Å². The van der Waals surface area contributed by atoms with Crippen LogP contribution in [0.3, 0.4) is 0 Å². The molecule has 1 aromatic carbocycles. The van der Waals surface area contributed by atoms with Crippen molar-refractivity contribution < 1.29 is 24.6 Å². The van der Waals surface area contributed by atoms with Gasteiger partial charge in [-0.2, -0.15) is 0 Å². The van der Waals surface area contributed by atoms with E-state index in [0.29, 0.717) is 0 Å². The minimum absolute atomic E-state index is 0.0763. The first kappa shape index (κ1) is 14.2. The van der Waals surface area contributed by atoms with E-state index in [-0.39, 0.29) is 28.2 Å². The van der Waals surface area contributed by atoms with Crippen LogP contribution in [0, 0.1) is 6.92 Å². The molecular weight excluding hydrogens is 280 g/mol. The van der Waals surface area contributed by atoms with Crippen molar-refractivity contribution in [3.8, 4) is 5.69 Å². The number of rotatable bonds is 4. The predicted octanol–water partition coefficient (Wildman–Crippen LogP) is 0.0710. The minimum Gasteiger partial charge on any atom is -0.478 e. The van der Waals surface area contributed by atoms with E-state index in [1.54, 1.807) is 0 Å². The molecule has 0 unspecified atom stereocenters. The van der Waals surface area contributed by atoms with Gasteiger partial charge >= 0.3 is 11.9 Å². The van der Waals surface area contributed by atoms with Crippen molar-refractivity contribution in [1.29, 1.82) is 0 Å². The van der Waals surface area contributed by atoms with Crippen LogP contribution in [-0.2, 0) is 0 Å². The molecule has 2 aromatic rings. The van der Waals surface area contributed by atoms with Crippen molar-refractivity contribution in [3.63, 3.8) is 0 Å². The molecule has 0 aliphatic heterocycles. The first-order valence-corrected chi connectivity index (χ1v) is 5.65. The number of carbonyl (C=O) groups is 3. The monoisotopic (exact) mass is 290 g/mol. The van der Waals surface area contributed by atoms with Crippen LogP contribution in [0.15, 0.2) is 18.2 Å². The number of nitrogens with zero attached hydrogens (tertiary/aromatic N) is 3. The Bertz CT molecular complexity index is 733. The van der Waals surface area contributed by atoms with Crippen LogP contribution in [0.25, 0.3) is 5.69 Å². The van der Waals surface area contributed by atoms with Gasteiger partial charge in [0.15, 0.2) is 5.69 Å². The second-order valence-corrected chi connectivity index (χ2v) is 4.18. The predicted molar refractivity (Wildman–Crippen MR) is 68.5 cm³/mol. The lowest BCUT2D eigenvalue weighted by Crippen LogP contribution is -2.13. The van der Waals surface area contributed by atoms with Crippen LogP contribution in [0.5, 0.6) is 0 Å². The lowest BCUT2D eigenvalue weighted by atomic mass is 10.1. The highest BCUT2D eigenvalue weighted by Gasteiger charge is 2.17. The van der Waals surface area contributed by atoms with Crippen LogP contribution >= 0.6 is 0 Å². The summed E-state index contributed by atoms with van der Waals surface area (Å²) in [5.41, 5.74) is 5.04. The highest BCUT2D eigenvalue weighted by molar-refractivity contribution is 5.95. The third-order valence-electron chi connectivity index (χ3n) is 2.78. The average molecular weight is 290 g/mol. The molecule has 0 bridgehead atoms. The Morgan fingerprint density at radius 2 is 1.62 bits per heavy atom. The summed E-state index contributed by atoms with van der Waals surface area (Å²) < 4.78 is 1.15. The molecule has 4 N–H and O–H groups in total. The van der Waals surface area contributed by atoms with Crippen molar-refractivity contribution in [1.82, 2.24) is 15.0 Å². The lowest BCUT2D eigenvalue weighted by molar-refractivity contribution is 0.0696. The highest BCUT2D eigenvalue weighted by Crippen LogP contribution is 2.17. The van der Waals surface area contributed by atoms with Crippen LogP contribution in [0.4, 0.5) is 0 Å². The highest BCUT2D eigenvalue weighted by atomic mass is 16.4. The number of carboxylic acid groups (broad SMARTS) is 2. The molecule has 1 amide bonds. The molecular formula is C12H10N4O5. The quantitative estimate of drug-likeness (QED) is 0.721. The molecule has 0 atom stereocenters. The van der Waals surface area contributed by atoms with Crippen LogP contribution < -0.4 is 5.73 Å². The maximum Gasteiger partial charge on any atom is 0.335 e. The fourth-order valence-corrected chi connectivity index (χ4v) is 1.78. The smallest absolute Gasteiger partial charge is 0.335 e. The molecule has 0 fully saturated rings. The molecule has 1 heterocycles. The van der Waals surface area contributed by atoms with Gasteiger partial charge in [0.1, 0.15) is 0 Å². The van der Waals surface area contributed by atoms with Crippen LogP contribution in [-0.4, -0.2) is 43.1 Å². The maximum atomic E-state index is 11.1. The Labute approximate surface area is 117 Å². The molecule has 0 saturated carbocycles.